The number of hydrogen-bond acceptors (Lipinski definition) is 2. The Morgan fingerprint density at radius 1 is 1.36 bits per heavy atom. The van der Waals surface area contributed by atoms with Crippen LogP contribution in [0.5, 0.6) is 0 Å². The molecule has 0 spiro atoms. The number of likely N-dealkylation sites (N-methyl/N-ethyl adjacent to an activating group) is 1. The van der Waals surface area contributed by atoms with Crippen LogP contribution in [0.2, 0.25) is 0 Å². The molecule has 0 amide bonds. The Morgan fingerprint density at radius 3 is 2.71 bits per heavy atom. The molecule has 0 aliphatic heterocycles. The van der Waals surface area contributed by atoms with Crippen molar-refractivity contribution in [2.75, 3.05) is 26.7 Å². The Balaban J connectivity index is 2.10. The van der Waals surface area contributed by atoms with Gasteiger partial charge in [-0.2, -0.15) is 0 Å². The van der Waals surface area contributed by atoms with E-state index in [1.807, 2.05) is 0 Å². The van der Waals surface area contributed by atoms with Gasteiger partial charge in [0.05, 0.1) is 12.7 Å². The summed E-state index contributed by atoms with van der Waals surface area (Å²) in [7, 11) is 2.13. The van der Waals surface area contributed by atoms with Gasteiger partial charge in [-0.05, 0) is 26.4 Å². The molecule has 14 heavy (non-hydrogen) atoms. The maximum Gasteiger partial charge on any atom is 0.0700 e. The maximum atomic E-state index is 5.88. The molecule has 0 bridgehead atoms. The van der Waals surface area contributed by atoms with Gasteiger partial charge in [-0.15, -0.1) is 0 Å². The van der Waals surface area contributed by atoms with Gasteiger partial charge in [0.1, 0.15) is 0 Å². The fourth-order valence-corrected chi connectivity index (χ4v) is 2.50. The van der Waals surface area contributed by atoms with Gasteiger partial charge in [-0.1, -0.05) is 35.7 Å². The van der Waals surface area contributed by atoms with Gasteiger partial charge in [0.15, 0.2) is 0 Å². The largest absolute Gasteiger partial charge is 0.376 e. The summed E-state index contributed by atoms with van der Waals surface area (Å²) in [6.07, 6.45) is 5.63. The molecular formula is C11H22BrNO. The molecule has 0 N–H and O–H groups in total. The molecule has 0 heterocycles. The topological polar surface area (TPSA) is 12.5 Å². The van der Waals surface area contributed by atoms with Crippen molar-refractivity contribution in [1.82, 2.24) is 4.90 Å². The Hall–Kier alpha value is 0.400. The fraction of sp³-hybridized carbons (Fsp3) is 1.00. The number of nitrogens with zero attached hydrogens (tertiary/aromatic N) is 1. The van der Waals surface area contributed by atoms with Crippen LogP contribution in [0.1, 0.15) is 32.6 Å². The lowest BCUT2D eigenvalue weighted by atomic mass is 9.98. The van der Waals surface area contributed by atoms with E-state index in [0.717, 1.165) is 19.7 Å². The monoisotopic (exact) mass is 263 g/mol. The van der Waals surface area contributed by atoms with E-state index in [0.29, 0.717) is 10.9 Å². The molecule has 3 heteroatoms. The van der Waals surface area contributed by atoms with Crippen LogP contribution in [0.4, 0.5) is 0 Å². The number of hydrogen-bond donors (Lipinski definition) is 0. The van der Waals surface area contributed by atoms with Gasteiger partial charge in [0.2, 0.25) is 0 Å². The number of halogens is 1. The molecule has 0 aromatic rings. The molecule has 0 aromatic carbocycles. The second-order valence-corrected chi connectivity index (χ2v) is 5.28. The predicted molar refractivity (Wildman–Crippen MR) is 64.1 cm³/mol. The average Bonchev–Trinajstić information content (AvgIpc) is 2.20. The maximum absolute atomic E-state index is 5.88. The van der Waals surface area contributed by atoms with Gasteiger partial charge >= 0.3 is 0 Å². The zero-order valence-corrected chi connectivity index (χ0v) is 10.9. The minimum atomic E-state index is 0.453. The lowest BCUT2D eigenvalue weighted by molar-refractivity contribution is 0.0250. The molecule has 0 aromatic heterocycles. The number of alkyl halides is 1. The van der Waals surface area contributed by atoms with E-state index < -0.39 is 0 Å². The van der Waals surface area contributed by atoms with Crippen molar-refractivity contribution < 1.29 is 4.74 Å². The molecule has 84 valence electrons. The van der Waals surface area contributed by atoms with E-state index in [9.17, 15) is 0 Å². The molecule has 2 unspecified atom stereocenters. The third kappa shape index (κ3) is 4.28. The first kappa shape index (κ1) is 12.5. The van der Waals surface area contributed by atoms with Crippen molar-refractivity contribution in [3.05, 3.63) is 0 Å². The smallest absolute Gasteiger partial charge is 0.0700 e. The van der Waals surface area contributed by atoms with Crippen LogP contribution < -0.4 is 0 Å². The quantitative estimate of drug-likeness (QED) is 0.708. The number of ether oxygens (including phenoxy) is 1. The SMILES string of the molecule is CCN(C)CCOC1CCCCC1Br. The van der Waals surface area contributed by atoms with Crippen molar-refractivity contribution in [2.45, 2.75) is 43.5 Å². The van der Waals surface area contributed by atoms with E-state index in [1.54, 1.807) is 0 Å². The van der Waals surface area contributed by atoms with Crippen LogP contribution in [0.15, 0.2) is 0 Å². The van der Waals surface area contributed by atoms with Gasteiger partial charge in [0, 0.05) is 11.4 Å². The summed E-state index contributed by atoms with van der Waals surface area (Å²) in [5, 5.41) is 0. The third-order valence-corrected chi connectivity index (χ3v) is 4.01. The Kier molecular flexibility index (Phi) is 6.06. The zero-order valence-electron chi connectivity index (χ0n) is 9.34. The van der Waals surface area contributed by atoms with Crippen LogP contribution in [0.25, 0.3) is 0 Å². The number of rotatable bonds is 5. The van der Waals surface area contributed by atoms with E-state index in [4.69, 9.17) is 4.74 Å². The van der Waals surface area contributed by atoms with Crippen molar-refractivity contribution >= 4 is 15.9 Å². The minimum absolute atomic E-state index is 0.453. The molecule has 1 fully saturated rings. The highest BCUT2D eigenvalue weighted by Gasteiger charge is 2.22. The first-order chi connectivity index (χ1) is 6.74. The van der Waals surface area contributed by atoms with Crippen LogP contribution in [0.3, 0.4) is 0 Å². The van der Waals surface area contributed by atoms with Gasteiger partial charge in [-0.25, -0.2) is 0 Å². The van der Waals surface area contributed by atoms with Crippen LogP contribution in [0, 0.1) is 0 Å². The molecular weight excluding hydrogens is 242 g/mol. The lowest BCUT2D eigenvalue weighted by Gasteiger charge is -2.28. The summed E-state index contributed by atoms with van der Waals surface area (Å²) in [6, 6.07) is 0. The van der Waals surface area contributed by atoms with Gasteiger partial charge in [-0.3, -0.25) is 0 Å². The van der Waals surface area contributed by atoms with Gasteiger partial charge < -0.3 is 9.64 Å². The molecule has 2 nitrogen and oxygen atoms in total. The summed E-state index contributed by atoms with van der Waals surface area (Å²) in [6.45, 7) is 5.20. The van der Waals surface area contributed by atoms with Crippen molar-refractivity contribution in [1.29, 1.82) is 0 Å². The summed E-state index contributed by atoms with van der Waals surface area (Å²) in [5.74, 6) is 0. The molecule has 1 saturated carbocycles. The Morgan fingerprint density at radius 2 is 2.07 bits per heavy atom. The fourth-order valence-electron chi connectivity index (χ4n) is 1.76. The predicted octanol–water partition coefficient (Wildman–Crippen LogP) is 2.66. The van der Waals surface area contributed by atoms with Gasteiger partial charge in [0.25, 0.3) is 0 Å². The highest BCUT2D eigenvalue weighted by atomic mass is 79.9. The highest BCUT2D eigenvalue weighted by Crippen LogP contribution is 2.26. The normalized spacial score (nSPS) is 28.3. The van der Waals surface area contributed by atoms with E-state index >= 15 is 0 Å². The minimum Gasteiger partial charge on any atom is -0.376 e. The highest BCUT2D eigenvalue weighted by molar-refractivity contribution is 9.09. The molecule has 2 atom stereocenters. The molecule has 0 radical (unpaired) electrons. The Bertz CT molecular complexity index is 154. The van der Waals surface area contributed by atoms with E-state index in [-0.39, 0.29) is 0 Å². The molecule has 0 saturated heterocycles. The molecule has 1 rings (SSSR count). The second-order valence-electron chi connectivity index (χ2n) is 4.11. The van der Waals surface area contributed by atoms with Crippen LogP contribution in [-0.4, -0.2) is 42.6 Å². The molecule has 1 aliphatic rings. The van der Waals surface area contributed by atoms with Crippen molar-refractivity contribution in [2.24, 2.45) is 0 Å². The summed E-state index contributed by atoms with van der Waals surface area (Å²) in [4.78, 5) is 2.87. The summed E-state index contributed by atoms with van der Waals surface area (Å²) < 4.78 is 5.88. The van der Waals surface area contributed by atoms with Crippen LogP contribution in [-0.2, 0) is 4.74 Å². The van der Waals surface area contributed by atoms with E-state index in [1.165, 1.54) is 25.7 Å². The Labute approximate surface area is 96.1 Å². The average molecular weight is 264 g/mol. The van der Waals surface area contributed by atoms with Crippen molar-refractivity contribution in [3.63, 3.8) is 0 Å². The zero-order chi connectivity index (χ0) is 10.4. The third-order valence-electron chi connectivity index (χ3n) is 2.97. The first-order valence-electron chi connectivity index (χ1n) is 5.68. The van der Waals surface area contributed by atoms with Crippen LogP contribution >= 0.6 is 15.9 Å². The molecule has 1 aliphatic carbocycles. The standard InChI is InChI=1S/C11H22BrNO/c1-3-13(2)8-9-14-11-7-5-4-6-10(11)12/h10-11H,3-9H2,1-2H3. The van der Waals surface area contributed by atoms with E-state index in [2.05, 4.69) is 34.8 Å². The lowest BCUT2D eigenvalue weighted by Crippen LogP contribution is -2.31. The first-order valence-corrected chi connectivity index (χ1v) is 6.59. The second kappa shape index (κ2) is 6.81. The van der Waals surface area contributed by atoms with Crippen molar-refractivity contribution in [3.8, 4) is 0 Å². The summed E-state index contributed by atoms with van der Waals surface area (Å²) in [5.41, 5.74) is 0. The summed E-state index contributed by atoms with van der Waals surface area (Å²) >= 11 is 3.70.